The fourth-order valence-electron chi connectivity index (χ4n) is 3.54. The van der Waals surface area contributed by atoms with Crippen LogP contribution in [0.3, 0.4) is 0 Å². The smallest absolute Gasteiger partial charge is 0.338 e. The summed E-state index contributed by atoms with van der Waals surface area (Å²) >= 11 is 0. The van der Waals surface area contributed by atoms with E-state index in [1.165, 1.54) is 32.1 Å². The molecule has 5 nitrogen and oxygen atoms in total. The predicted octanol–water partition coefficient (Wildman–Crippen LogP) is 7.11. The van der Waals surface area contributed by atoms with Crippen molar-refractivity contribution in [2.24, 2.45) is 0 Å². The molecule has 0 aliphatic heterocycles. The zero-order valence-corrected chi connectivity index (χ0v) is 20.1. The lowest BCUT2D eigenvalue weighted by atomic mass is 10.1. The number of benzene rings is 2. The van der Waals surface area contributed by atoms with E-state index in [0.717, 1.165) is 35.7 Å². The summed E-state index contributed by atoms with van der Waals surface area (Å²) in [6.07, 6.45) is 11.4. The van der Waals surface area contributed by atoms with E-state index in [4.69, 9.17) is 14.2 Å². The van der Waals surface area contributed by atoms with Crippen LogP contribution in [0.4, 0.5) is 0 Å². The molecular formula is C29H35NO4. The van der Waals surface area contributed by atoms with E-state index in [0.29, 0.717) is 25.2 Å². The third-order valence-electron chi connectivity index (χ3n) is 5.52. The average Bonchev–Trinajstić information content (AvgIpc) is 2.89. The number of ether oxygens (including phenoxy) is 3. The molecule has 0 bridgehead atoms. The molecule has 2 aromatic carbocycles. The Morgan fingerprint density at radius 3 is 1.76 bits per heavy atom. The number of hydrogen-bond donors (Lipinski definition) is 0. The van der Waals surface area contributed by atoms with Gasteiger partial charge in [0.15, 0.2) is 0 Å². The third-order valence-corrected chi connectivity index (χ3v) is 5.52. The van der Waals surface area contributed by atoms with Crippen molar-refractivity contribution in [2.45, 2.75) is 51.9 Å². The largest absolute Gasteiger partial charge is 0.494 e. The first-order valence-corrected chi connectivity index (χ1v) is 12.3. The first kappa shape index (κ1) is 25.3. The van der Waals surface area contributed by atoms with Crippen molar-refractivity contribution in [1.29, 1.82) is 0 Å². The van der Waals surface area contributed by atoms with Crippen LogP contribution in [0.1, 0.15) is 62.2 Å². The summed E-state index contributed by atoms with van der Waals surface area (Å²) in [6.45, 7) is 3.81. The van der Waals surface area contributed by atoms with E-state index in [-0.39, 0.29) is 5.97 Å². The summed E-state index contributed by atoms with van der Waals surface area (Å²) in [5.74, 6) is 1.37. The summed E-state index contributed by atoms with van der Waals surface area (Å²) in [6, 6.07) is 19.5. The second-order valence-corrected chi connectivity index (χ2v) is 8.24. The quantitative estimate of drug-likeness (QED) is 0.178. The van der Waals surface area contributed by atoms with Gasteiger partial charge in [-0.1, -0.05) is 63.3 Å². The summed E-state index contributed by atoms with van der Waals surface area (Å²) in [5.41, 5.74) is 2.77. The Hall–Kier alpha value is -3.34. The molecule has 0 amide bonds. The lowest BCUT2D eigenvalue weighted by molar-refractivity contribution is 0.0486. The van der Waals surface area contributed by atoms with E-state index >= 15 is 0 Å². The molecule has 5 heteroatoms. The summed E-state index contributed by atoms with van der Waals surface area (Å²) < 4.78 is 16.9. The first-order valence-electron chi connectivity index (χ1n) is 12.3. The molecule has 3 rings (SSSR count). The van der Waals surface area contributed by atoms with E-state index < -0.39 is 0 Å². The molecular weight excluding hydrogens is 426 g/mol. The van der Waals surface area contributed by atoms with Crippen molar-refractivity contribution in [2.75, 3.05) is 19.8 Å². The van der Waals surface area contributed by atoms with Crippen LogP contribution < -0.4 is 9.47 Å². The van der Waals surface area contributed by atoms with Crippen LogP contribution >= 0.6 is 0 Å². The van der Waals surface area contributed by atoms with Crippen LogP contribution in [0, 0.1) is 0 Å². The van der Waals surface area contributed by atoms with Crippen LogP contribution in [0.5, 0.6) is 11.5 Å². The number of rotatable bonds is 15. The number of pyridine rings is 1. The highest BCUT2D eigenvalue weighted by Gasteiger charge is 2.06. The average molecular weight is 462 g/mol. The van der Waals surface area contributed by atoms with Crippen molar-refractivity contribution >= 4 is 5.97 Å². The van der Waals surface area contributed by atoms with E-state index in [2.05, 4.69) is 24.0 Å². The van der Waals surface area contributed by atoms with E-state index in [9.17, 15) is 4.79 Å². The van der Waals surface area contributed by atoms with Gasteiger partial charge in [-0.15, -0.1) is 0 Å². The Morgan fingerprint density at radius 1 is 0.647 bits per heavy atom. The van der Waals surface area contributed by atoms with Gasteiger partial charge in [-0.25, -0.2) is 4.79 Å². The molecule has 3 aromatic rings. The van der Waals surface area contributed by atoms with Crippen LogP contribution in [0.25, 0.3) is 11.1 Å². The van der Waals surface area contributed by atoms with Gasteiger partial charge in [0.2, 0.25) is 0 Å². The monoisotopic (exact) mass is 461 g/mol. The zero-order chi connectivity index (χ0) is 23.8. The topological polar surface area (TPSA) is 57.7 Å². The minimum Gasteiger partial charge on any atom is -0.494 e. The molecule has 0 aliphatic rings. The molecule has 0 radical (unpaired) electrons. The Bertz CT molecular complexity index is 956. The first-order chi connectivity index (χ1) is 16.8. The highest BCUT2D eigenvalue weighted by atomic mass is 16.5. The van der Waals surface area contributed by atoms with Gasteiger partial charge in [0.05, 0.1) is 25.4 Å². The van der Waals surface area contributed by atoms with Crippen LogP contribution in [0.2, 0.25) is 0 Å². The van der Waals surface area contributed by atoms with Gasteiger partial charge in [0.1, 0.15) is 11.5 Å². The number of carbonyl (C=O) groups is 1. The zero-order valence-electron chi connectivity index (χ0n) is 20.1. The number of unbranched alkanes of at least 4 members (excludes halogenated alkanes) is 5. The minimum atomic E-state index is -0.342. The number of aromatic nitrogens is 1. The van der Waals surface area contributed by atoms with Gasteiger partial charge in [-0.3, -0.25) is 4.98 Å². The molecule has 0 saturated carbocycles. The molecule has 34 heavy (non-hydrogen) atoms. The van der Waals surface area contributed by atoms with Crippen molar-refractivity contribution in [3.05, 3.63) is 78.6 Å². The Labute approximate surface area is 203 Å². The molecule has 0 atom stereocenters. The Morgan fingerprint density at radius 2 is 1.18 bits per heavy atom. The normalized spacial score (nSPS) is 10.6. The summed E-state index contributed by atoms with van der Waals surface area (Å²) in [5, 5.41) is 0. The summed E-state index contributed by atoms with van der Waals surface area (Å²) in [4.78, 5) is 15.8. The van der Waals surface area contributed by atoms with Crippen molar-refractivity contribution in [3.8, 4) is 22.6 Å². The van der Waals surface area contributed by atoms with Gasteiger partial charge in [-0.2, -0.15) is 0 Å². The highest BCUT2D eigenvalue weighted by molar-refractivity contribution is 5.89. The molecule has 180 valence electrons. The van der Waals surface area contributed by atoms with E-state index in [1.807, 2.05) is 36.4 Å². The SMILES string of the molecule is CCCCCCCCOc1ccc(-c2ccc(OCCCOC(=O)c3ccncc3)cc2)cc1. The van der Waals surface area contributed by atoms with Crippen LogP contribution in [0.15, 0.2) is 73.1 Å². The van der Waals surface area contributed by atoms with Gasteiger partial charge < -0.3 is 14.2 Å². The van der Waals surface area contributed by atoms with Crippen molar-refractivity contribution < 1.29 is 19.0 Å². The second-order valence-electron chi connectivity index (χ2n) is 8.24. The Kier molecular flexibility index (Phi) is 11.0. The summed E-state index contributed by atoms with van der Waals surface area (Å²) in [7, 11) is 0. The van der Waals surface area contributed by atoms with E-state index in [1.54, 1.807) is 24.5 Å². The molecule has 0 fully saturated rings. The van der Waals surface area contributed by atoms with Gasteiger partial charge in [0, 0.05) is 18.8 Å². The molecule has 1 heterocycles. The lowest BCUT2D eigenvalue weighted by Crippen LogP contribution is -2.09. The molecule has 0 N–H and O–H groups in total. The van der Waals surface area contributed by atoms with Crippen molar-refractivity contribution in [3.63, 3.8) is 0 Å². The van der Waals surface area contributed by atoms with Gasteiger partial charge in [-0.05, 0) is 53.9 Å². The maximum absolute atomic E-state index is 11.9. The molecule has 0 aliphatic carbocycles. The van der Waals surface area contributed by atoms with Crippen LogP contribution in [-0.2, 0) is 4.74 Å². The molecule has 0 spiro atoms. The molecule has 0 unspecified atom stereocenters. The molecule has 0 saturated heterocycles. The van der Waals surface area contributed by atoms with Crippen LogP contribution in [-0.4, -0.2) is 30.8 Å². The number of hydrogen-bond acceptors (Lipinski definition) is 5. The lowest BCUT2D eigenvalue weighted by Gasteiger charge is -2.09. The van der Waals surface area contributed by atoms with Crippen molar-refractivity contribution in [1.82, 2.24) is 4.98 Å². The highest BCUT2D eigenvalue weighted by Crippen LogP contribution is 2.25. The fourth-order valence-corrected chi connectivity index (χ4v) is 3.54. The standard InChI is InChI=1S/C29H35NO4/c1-2-3-4-5-6-7-21-32-27-13-9-24(10-14-27)25-11-15-28(16-12-25)33-22-8-23-34-29(31)26-17-19-30-20-18-26/h9-20H,2-8,21-23H2,1H3. The third kappa shape index (κ3) is 8.89. The predicted molar refractivity (Wildman–Crippen MR) is 135 cm³/mol. The molecule has 1 aromatic heterocycles. The number of carbonyl (C=O) groups excluding carboxylic acids is 1. The number of nitrogens with zero attached hydrogens (tertiary/aromatic N) is 1. The maximum Gasteiger partial charge on any atom is 0.338 e. The fraction of sp³-hybridized carbons (Fsp3) is 0.379. The second kappa shape index (κ2) is 14.7. The maximum atomic E-state index is 11.9. The van der Waals surface area contributed by atoms with Gasteiger partial charge >= 0.3 is 5.97 Å². The Balaban J connectivity index is 1.33. The number of esters is 1. The van der Waals surface area contributed by atoms with Gasteiger partial charge in [0.25, 0.3) is 0 Å². The minimum absolute atomic E-state index is 0.312.